The molecule has 0 saturated carbocycles. The van der Waals surface area contributed by atoms with Crippen LogP contribution in [0.15, 0.2) is 36.5 Å². The molecule has 1 atom stereocenters. The van der Waals surface area contributed by atoms with Crippen LogP contribution in [-0.4, -0.2) is 24.0 Å². The molecule has 0 amide bonds. The molecule has 0 N–H and O–H groups in total. The molecule has 1 unspecified atom stereocenters. The first-order valence-electron chi connectivity index (χ1n) is 4.74. The standard InChI is InChI=1S/C11H11NO2/c1-2-4-11-9(3-1)5-6-12(11)14-8-10-7-13-10/h1-6,10H,7-8H2. The van der Waals surface area contributed by atoms with Crippen molar-refractivity contribution in [3.8, 4) is 0 Å². The third-order valence-corrected chi connectivity index (χ3v) is 2.37. The SMILES string of the molecule is c1ccc2c(c1)ccn2OCC1CO1. The van der Waals surface area contributed by atoms with Gasteiger partial charge in [-0.15, -0.1) is 0 Å². The number of hydrogen-bond donors (Lipinski definition) is 0. The van der Waals surface area contributed by atoms with Crippen LogP contribution in [0.25, 0.3) is 10.9 Å². The summed E-state index contributed by atoms with van der Waals surface area (Å²) in [4.78, 5) is 5.57. The topological polar surface area (TPSA) is 26.7 Å². The van der Waals surface area contributed by atoms with Crippen molar-refractivity contribution < 1.29 is 9.57 Å². The first-order valence-corrected chi connectivity index (χ1v) is 4.74. The average molecular weight is 189 g/mol. The number of aromatic nitrogens is 1. The van der Waals surface area contributed by atoms with Crippen LogP contribution >= 0.6 is 0 Å². The molecule has 14 heavy (non-hydrogen) atoms. The van der Waals surface area contributed by atoms with Crippen LogP contribution in [0.4, 0.5) is 0 Å². The van der Waals surface area contributed by atoms with Crippen LogP contribution in [0.3, 0.4) is 0 Å². The van der Waals surface area contributed by atoms with E-state index in [9.17, 15) is 0 Å². The van der Waals surface area contributed by atoms with Gasteiger partial charge in [0.05, 0.1) is 12.1 Å². The number of epoxide rings is 1. The smallest absolute Gasteiger partial charge is 0.143 e. The number of fused-ring (bicyclic) bond motifs is 1. The van der Waals surface area contributed by atoms with E-state index >= 15 is 0 Å². The van der Waals surface area contributed by atoms with Gasteiger partial charge in [-0.05, 0) is 12.1 Å². The number of para-hydroxylation sites is 1. The lowest BCUT2D eigenvalue weighted by Gasteiger charge is -2.05. The van der Waals surface area contributed by atoms with E-state index < -0.39 is 0 Å². The molecule has 0 spiro atoms. The zero-order chi connectivity index (χ0) is 9.38. The quantitative estimate of drug-likeness (QED) is 0.683. The minimum Gasteiger partial charge on any atom is -0.411 e. The highest BCUT2D eigenvalue weighted by atomic mass is 16.7. The molecule has 1 aromatic heterocycles. The molecule has 72 valence electrons. The van der Waals surface area contributed by atoms with Gasteiger partial charge in [-0.2, -0.15) is 4.73 Å². The molecule has 1 aliphatic heterocycles. The Morgan fingerprint density at radius 1 is 1.36 bits per heavy atom. The highest BCUT2D eigenvalue weighted by Gasteiger charge is 2.23. The summed E-state index contributed by atoms with van der Waals surface area (Å²) in [6.45, 7) is 1.47. The molecule has 2 aromatic rings. The zero-order valence-corrected chi connectivity index (χ0v) is 7.72. The van der Waals surface area contributed by atoms with Gasteiger partial charge in [-0.1, -0.05) is 18.2 Å². The summed E-state index contributed by atoms with van der Waals surface area (Å²) in [5.41, 5.74) is 1.10. The van der Waals surface area contributed by atoms with Gasteiger partial charge >= 0.3 is 0 Å². The zero-order valence-electron chi connectivity index (χ0n) is 7.72. The van der Waals surface area contributed by atoms with Crippen LogP contribution in [0.5, 0.6) is 0 Å². The van der Waals surface area contributed by atoms with Crippen LogP contribution in [-0.2, 0) is 4.74 Å². The van der Waals surface area contributed by atoms with E-state index in [1.165, 1.54) is 5.39 Å². The highest BCUT2D eigenvalue weighted by Crippen LogP contribution is 2.14. The van der Waals surface area contributed by atoms with E-state index in [1.54, 1.807) is 4.73 Å². The van der Waals surface area contributed by atoms with Crippen LogP contribution in [0, 0.1) is 0 Å². The number of hydrogen-bond acceptors (Lipinski definition) is 2. The number of nitrogens with zero attached hydrogens (tertiary/aromatic N) is 1. The van der Waals surface area contributed by atoms with Gasteiger partial charge in [0.15, 0.2) is 0 Å². The van der Waals surface area contributed by atoms with Crippen molar-refractivity contribution in [1.82, 2.24) is 4.73 Å². The lowest BCUT2D eigenvalue weighted by Crippen LogP contribution is -2.15. The van der Waals surface area contributed by atoms with Gasteiger partial charge < -0.3 is 9.57 Å². The Labute approximate surface area is 81.8 Å². The van der Waals surface area contributed by atoms with Crippen molar-refractivity contribution in [1.29, 1.82) is 0 Å². The number of benzene rings is 1. The van der Waals surface area contributed by atoms with E-state index in [0.717, 1.165) is 12.1 Å². The van der Waals surface area contributed by atoms with Crippen LogP contribution in [0.1, 0.15) is 0 Å². The van der Waals surface area contributed by atoms with Crippen molar-refractivity contribution in [3.05, 3.63) is 36.5 Å². The second-order valence-corrected chi connectivity index (χ2v) is 3.45. The van der Waals surface area contributed by atoms with Crippen LogP contribution < -0.4 is 4.84 Å². The van der Waals surface area contributed by atoms with Crippen molar-refractivity contribution in [2.45, 2.75) is 6.10 Å². The van der Waals surface area contributed by atoms with Gasteiger partial charge in [-0.25, -0.2) is 0 Å². The summed E-state index contributed by atoms with van der Waals surface area (Å²) in [7, 11) is 0. The van der Waals surface area contributed by atoms with E-state index in [2.05, 4.69) is 6.07 Å². The fourth-order valence-electron chi connectivity index (χ4n) is 1.50. The maximum absolute atomic E-state index is 5.57. The Kier molecular flexibility index (Phi) is 1.70. The molecule has 0 radical (unpaired) electrons. The predicted molar refractivity (Wildman–Crippen MR) is 53.1 cm³/mol. The molecule has 1 aromatic carbocycles. The largest absolute Gasteiger partial charge is 0.411 e. The summed E-state index contributed by atoms with van der Waals surface area (Å²) in [6, 6.07) is 10.2. The third-order valence-electron chi connectivity index (χ3n) is 2.37. The van der Waals surface area contributed by atoms with Gasteiger partial charge in [0, 0.05) is 11.6 Å². The molecule has 3 nitrogen and oxygen atoms in total. The molecular weight excluding hydrogens is 178 g/mol. The Morgan fingerprint density at radius 3 is 3.07 bits per heavy atom. The number of rotatable bonds is 3. The molecular formula is C11H11NO2. The van der Waals surface area contributed by atoms with Gasteiger partial charge in [-0.3, -0.25) is 0 Å². The maximum atomic E-state index is 5.57. The summed E-state index contributed by atoms with van der Waals surface area (Å²) in [5.74, 6) is 0. The second kappa shape index (κ2) is 3.03. The first-order chi connectivity index (χ1) is 6.93. The normalized spacial score (nSPS) is 19.9. The Morgan fingerprint density at radius 2 is 2.21 bits per heavy atom. The highest BCUT2D eigenvalue weighted by molar-refractivity contribution is 5.79. The summed E-state index contributed by atoms with van der Waals surface area (Å²) in [6.07, 6.45) is 2.24. The van der Waals surface area contributed by atoms with Crippen molar-refractivity contribution in [2.24, 2.45) is 0 Å². The first kappa shape index (κ1) is 7.88. The molecule has 2 heterocycles. The lowest BCUT2D eigenvalue weighted by atomic mass is 10.3. The summed E-state index contributed by atoms with van der Waals surface area (Å²) < 4.78 is 6.88. The van der Waals surface area contributed by atoms with Gasteiger partial charge in [0.2, 0.25) is 0 Å². The Balaban J connectivity index is 1.87. The van der Waals surface area contributed by atoms with E-state index in [1.807, 2.05) is 30.5 Å². The monoisotopic (exact) mass is 189 g/mol. The molecule has 1 fully saturated rings. The molecule has 1 aliphatic rings. The Bertz CT molecular complexity index is 445. The van der Waals surface area contributed by atoms with Crippen molar-refractivity contribution in [3.63, 3.8) is 0 Å². The van der Waals surface area contributed by atoms with E-state index in [-0.39, 0.29) is 0 Å². The number of ether oxygens (including phenoxy) is 1. The second-order valence-electron chi connectivity index (χ2n) is 3.45. The Hall–Kier alpha value is -1.48. The molecule has 0 bridgehead atoms. The van der Waals surface area contributed by atoms with Gasteiger partial charge in [0.25, 0.3) is 0 Å². The summed E-state index contributed by atoms with van der Waals surface area (Å²) in [5, 5.41) is 1.20. The molecule has 3 rings (SSSR count). The van der Waals surface area contributed by atoms with Crippen molar-refractivity contribution >= 4 is 10.9 Å². The minimum atomic E-state index is 0.302. The fraction of sp³-hybridized carbons (Fsp3) is 0.273. The summed E-state index contributed by atoms with van der Waals surface area (Å²) >= 11 is 0. The minimum absolute atomic E-state index is 0.302. The average Bonchev–Trinajstić information content (AvgIpc) is 2.96. The maximum Gasteiger partial charge on any atom is 0.143 e. The molecule has 0 aliphatic carbocycles. The molecule has 1 saturated heterocycles. The van der Waals surface area contributed by atoms with E-state index in [0.29, 0.717) is 12.7 Å². The molecule has 3 heteroatoms. The van der Waals surface area contributed by atoms with Gasteiger partial charge in [0.1, 0.15) is 12.7 Å². The van der Waals surface area contributed by atoms with E-state index in [4.69, 9.17) is 9.57 Å². The predicted octanol–water partition coefficient (Wildman–Crippen LogP) is 1.47. The van der Waals surface area contributed by atoms with Crippen molar-refractivity contribution in [2.75, 3.05) is 13.2 Å². The third kappa shape index (κ3) is 1.36. The fourth-order valence-corrected chi connectivity index (χ4v) is 1.50. The lowest BCUT2D eigenvalue weighted by molar-refractivity contribution is 0.104. The van der Waals surface area contributed by atoms with Crippen LogP contribution in [0.2, 0.25) is 0 Å².